The summed E-state index contributed by atoms with van der Waals surface area (Å²) in [7, 11) is 0. The lowest BCUT2D eigenvalue weighted by Gasteiger charge is -2.13. The second kappa shape index (κ2) is 7.62. The summed E-state index contributed by atoms with van der Waals surface area (Å²) in [6.45, 7) is 0. The molecule has 6 nitrogen and oxygen atoms in total. The van der Waals surface area contributed by atoms with E-state index in [1.54, 1.807) is 0 Å². The second-order valence-electron chi connectivity index (χ2n) is 6.55. The first kappa shape index (κ1) is 21.3. The Morgan fingerprint density at radius 1 is 0.844 bits per heavy atom. The fraction of sp³-hybridized carbons (Fsp3) is 0.100. The van der Waals surface area contributed by atoms with Crippen molar-refractivity contribution >= 4 is 22.5 Å². The Labute approximate surface area is 175 Å². The zero-order valence-electron chi connectivity index (χ0n) is 15.7. The minimum Gasteiger partial charge on any atom is -0.493 e. The van der Waals surface area contributed by atoms with Gasteiger partial charge in [0.05, 0.1) is 22.5 Å². The largest absolute Gasteiger partial charge is 0.493 e. The van der Waals surface area contributed by atoms with Gasteiger partial charge in [0.2, 0.25) is 5.88 Å². The molecule has 32 heavy (non-hydrogen) atoms. The van der Waals surface area contributed by atoms with Crippen LogP contribution in [0.2, 0.25) is 0 Å². The van der Waals surface area contributed by atoms with E-state index >= 15 is 0 Å². The molecule has 0 saturated carbocycles. The summed E-state index contributed by atoms with van der Waals surface area (Å²) in [4.78, 5) is 15.4. The van der Waals surface area contributed by atoms with Crippen molar-refractivity contribution in [3.63, 3.8) is 0 Å². The number of anilines is 2. The van der Waals surface area contributed by atoms with Crippen LogP contribution in [0.3, 0.4) is 0 Å². The average Bonchev–Trinajstić information content (AvgIpc) is 2.72. The number of fused-ring (bicyclic) bond motifs is 1. The van der Waals surface area contributed by atoms with Crippen molar-refractivity contribution in [3.05, 3.63) is 66.0 Å². The normalized spacial score (nSPS) is 12.2. The van der Waals surface area contributed by atoms with Crippen molar-refractivity contribution < 1.29 is 31.4 Å². The number of hydrogen-bond acceptors (Lipinski definition) is 6. The van der Waals surface area contributed by atoms with Gasteiger partial charge in [0.15, 0.2) is 5.65 Å². The number of halogens is 6. The number of aromatic hydroxyl groups is 1. The van der Waals surface area contributed by atoms with Crippen molar-refractivity contribution in [1.29, 1.82) is 0 Å². The number of nitrogens with one attached hydrogen (secondary N) is 1. The molecule has 0 fully saturated rings. The predicted molar refractivity (Wildman–Crippen MR) is 102 cm³/mol. The molecule has 4 aromatic heterocycles. The molecule has 0 aromatic carbocycles. The Morgan fingerprint density at radius 3 is 2.28 bits per heavy atom. The summed E-state index contributed by atoms with van der Waals surface area (Å²) < 4.78 is 78.0. The van der Waals surface area contributed by atoms with Gasteiger partial charge in [-0.3, -0.25) is 4.98 Å². The lowest BCUT2D eigenvalue weighted by atomic mass is 10.1. The van der Waals surface area contributed by atoms with E-state index in [9.17, 15) is 31.4 Å². The summed E-state index contributed by atoms with van der Waals surface area (Å²) >= 11 is 0. The van der Waals surface area contributed by atoms with E-state index in [-0.39, 0.29) is 28.2 Å². The first-order valence-corrected chi connectivity index (χ1v) is 8.86. The molecule has 2 N–H and O–H groups in total. The SMILES string of the molecule is Oc1cc(Nc2ccc(C(F)(F)F)cn2)c2ccc(-c3ncccc3C(F)(F)F)nc2n1. The molecule has 4 rings (SSSR count). The number of aromatic nitrogens is 4. The number of nitrogens with zero attached hydrogens (tertiary/aromatic N) is 4. The van der Waals surface area contributed by atoms with Gasteiger partial charge < -0.3 is 10.4 Å². The van der Waals surface area contributed by atoms with Crippen molar-refractivity contribution in [2.75, 3.05) is 5.32 Å². The molecule has 0 spiro atoms. The molecule has 0 amide bonds. The van der Waals surface area contributed by atoms with Gasteiger partial charge in [-0.25, -0.2) is 9.97 Å². The lowest BCUT2D eigenvalue weighted by Crippen LogP contribution is -2.09. The number of rotatable bonds is 3. The Hall–Kier alpha value is -3.96. The zero-order valence-corrected chi connectivity index (χ0v) is 15.7. The highest BCUT2D eigenvalue weighted by Crippen LogP contribution is 2.36. The third-order valence-electron chi connectivity index (χ3n) is 4.37. The van der Waals surface area contributed by atoms with Crippen LogP contribution in [0.15, 0.2) is 54.9 Å². The topological polar surface area (TPSA) is 83.8 Å². The third-order valence-corrected chi connectivity index (χ3v) is 4.37. The second-order valence-corrected chi connectivity index (χ2v) is 6.55. The van der Waals surface area contributed by atoms with Gasteiger partial charge in [0.25, 0.3) is 0 Å². The Bertz CT molecular complexity index is 1290. The summed E-state index contributed by atoms with van der Waals surface area (Å²) in [6.07, 6.45) is -7.38. The van der Waals surface area contributed by atoms with E-state index in [1.165, 1.54) is 24.4 Å². The molecule has 0 aliphatic rings. The fourth-order valence-corrected chi connectivity index (χ4v) is 2.94. The number of alkyl halides is 6. The predicted octanol–water partition coefficient (Wildman–Crippen LogP) is 5.57. The fourth-order valence-electron chi connectivity index (χ4n) is 2.94. The quantitative estimate of drug-likeness (QED) is 0.396. The van der Waals surface area contributed by atoms with Gasteiger partial charge >= 0.3 is 12.4 Å². The highest BCUT2D eigenvalue weighted by molar-refractivity contribution is 5.92. The highest BCUT2D eigenvalue weighted by atomic mass is 19.4. The van der Waals surface area contributed by atoms with Gasteiger partial charge in [-0.15, -0.1) is 0 Å². The van der Waals surface area contributed by atoms with Crippen LogP contribution in [-0.2, 0) is 12.4 Å². The zero-order chi connectivity index (χ0) is 23.1. The Kier molecular flexibility index (Phi) is 5.07. The van der Waals surface area contributed by atoms with Crippen LogP contribution in [0.25, 0.3) is 22.4 Å². The molecular weight excluding hydrogens is 440 g/mol. The molecule has 0 bridgehead atoms. The first-order chi connectivity index (χ1) is 15.0. The molecule has 0 aliphatic heterocycles. The molecular formula is C20H11F6N5O. The Morgan fingerprint density at radius 2 is 1.62 bits per heavy atom. The summed E-state index contributed by atoms with van der Waals surface area (Å²) in [5, 5.41) is 13.0. The van der Waals surface area contributed by atoms with Crippen molar-refractivity contribution in [1.82, 2.24) is 19.9 Å². The van der Waals surface area contributed by atoms with Gasteiger partial charge in [-0.2, -0.15) is 31.3 Å². The monoisotopic (exact) mass is 451 g/mol. The van der Waals surface area contributed by atoms with Gasteiger partial charge in [-0.05, 0) is 36.4 Å². The van der Waals surface area contributed by atoms with E-state index < -0.39 is 35.1 Å². The molecule has 4 aromatic rings. The molecule has 0 aliphatic carbocycles. The van der Waals surface area contributed by atoms with Crippen LogP contribution in [0.4, 0.5) is 37.8 Å². The van der Waals surface area contributed by atoms with Gasteiger partial charge in [0, 0.05) is 23.8 Å². The maximum absolute atomic E-state index is 13.3. The van der Waals surface area contributed by atoms with Gasteiger partial charge in [0.1, 0.15) is 11.5 Å². The summed E-state index contributed by atoms with van der Waals surface area (Å²) in [5.74, 6) is -0.466. The van der Waals surface area contributed by atoms with E-state index in [4.69, 9.17) is 0 Å². The standard InChI is InChI=1S/C20H11F6N5O/c21-19(22,23)10-3-6-15(28-9-10)29-14-8-16(32)31-18-11(14)4-5-13(30-18)17-12(20(24,25)26)2-1-7-27-17/h1-9H,(H2,28,29,30,31,32). The van der Waals surface area contributed by atoms with Crippen LogP contribution in [0.5, 0.6) is 5.88 Å². The number of hydrogen-bond donors (Lipinski definition) is 2. The van der Waals surface area contributed by atoms with E-state index in [0.29, 0.717) is 6.20 Å². The maximum atomic E-state index is 13.3. The molecule has 12 heteroatoms. The van der Waals surface area contributed by atoms with Crippen LogP contribution < -0.4 is 5.32 Å². The molecule has 0 unspecified atom stereocenters. The van der Waals surface area contributed by atoms with E-state index in [1.807, 2.05) is 0 Å². The minimum absolute atomic E-state index is 0.0399. The first-order valence-electron chi connectivity index (χ1n) is 8.86. The van der Waals surface area contributed by atoms with Crippen LogP contribution in [0, 0.1) is 0 Å². The molecule has 0 atom stereocenters. The third kappa shape index (κ3) is 4.24. The number of pyridine rings is 4. The smallest absolute Gasteiger partial charge is 0.418 e. The molecule has 4 heterocycles. The maximum Gasteiger partial charge on any atom is 0.418 e. The average molecular weight is 451 g/mol. The Balaban J connectivity index is 1.75. The minimum atomic E-state index is -4.66. The highest BCUT2D eigenvalue weighted by Gasteiger charge is 2.34. The molecule has 164 valence electrons. The summed E-state index contributed by atoms with van der Waals surface area (Å²) in [5.41, 5.74) is -2.37. The van der Waals surface area contributed by atoms with Crippen molar-refractivity contribution in [2.24, 2.45) is 0 Å². The molecule has 0 saturated heterocycles. The van der Waals surface area contributed by atoms with Crippen LogP contribution in [0.1, 0.15) is 11.1 Å². The van der Waals surface area contributed by atoms with Crippen molar-refractivity contribution in [3.8, 4) is 17.3 Å². The van der Waals surface area contributed by atoms with Crippen LogP contribution in [-0.4, -0.2) is 25.0 Å². The lowest BCUT2D eigenvalue weighted by molar-refractivity contribution is -0.138. The van der Waals surface area contributed by atoms with Gasteiger partial charge in [-0.1, -0.05) is 0 Å². The van der Waals surface area contributed by atoms with Crippen molar-refractivity contribution in [2.45, 2.75) is 12.4 Å². The van der Waals surface area contributed by atoms with E-state index in [2.05, 4.69) is 25.3 Å². The van der Waals surface area contributed by atoms with Crippen LogP contribution >= 0.6 is 0 Å². The summed E-state index contributed by atoms with van der Waals surface area (Å²) in [6, 6.07) is 7.83. The molecule has 0 radical (unpaired) electrons. The van der Waals surface area contributed by atoms with E-state index in [0.717, 1.165) is 24.3 Å².